The van der Waals surface area contributed by atoms with Crippen molar-refractivity contribution in [3.63, 3.8) is 0 Å². The number of aromatic nitrogens is 6. The number of hydrogen-bond acceptors (Lipinski definition) is 9. The summed E-state index contributed by atoms with van der Waals surface area (Å²) in [6.07, 6.45) is 9.94. The summed E-state index contributed by atoms with van der Waals surface area (Å²) in [7, 11) is 0. The second-order valence-electron chi connectivity index (χ2n) is 11.4. The number of aryl methyl sites for hydroxylation is 2. The number of nitrogens with zero attached hydrogens (tertiary/aromatic N) is 4. The molecule has 0 fully saturated rings. The summed E-state index contributed by atoms with van der Waals surface area (Å²) >= 11 is 3.19. The molecule has 50 heavy (non-hydrogen) atoms. The van der Waals surface area contributed by atoms with Crippen LogP contribution in [0.4, 0.5) is 0 Å². The van der Waals surface area contributed by atoms with Gasteiger partial charge in [-0.1, -0.05) is 48.5 Å². The number of nitrogens with one attached hydrogen (secondary N) is 2. The van der Waals surface area contributed by atoms with Crippen LogP contribution < -0.4 is 11.5 Å². The Morgan fingerprint density at radius 3 is 1.64 bits per heavy atom. The van der Waals surface area contributed by atoms with Crippen molar-refractivity contribution in [2.24, 2.45) is 11.5 Å². The number of Topliss-reactive ketones (excluding diaryl/α,β-unsaturated/α-hetero) is 1. The number of thiazole rings is 2. The van der Waals surface area contributed by atoms with Crippen LogP contribution in [0, 0.1) is 0 Å². The fourth-order valence-corrected chi connectivity index (χ4v) is 6.84. The topological polar surface area (TPSA) is 152 Å². The molecule has 0 spiro atoms. The van der Waals surface area contributed by atoms with Crippen molar-refractivity contribution in [3.8, 4) is 22.5 Å². The molecule has 252 valence electrons. The summed E-state index contributed by atoms with van der Waals surface area (Å²) in [5.41, 5.74) is 25.6. The molecule has 0 aliphatic carbocycles. The molecule has 0 atom stereocenters. The highest BCUT2D eigenvalue weighted by Crippen LogP contribution is 2.25. The zero-order chi connectivity index (χ0) is 34.5. The fraction of sp³-hybridized carbons (Fsp3) is 0.154. The maximum atomic E-state index is 12.4. The van der Waals surface area contributed by atoms with Crippen molar-refractivity contribution in [1.29, 1.82) is 0 Å². The highest BCUT2D eigenvalue weighted by Gasteiger charge is 2.11. The Hall–Kier alpha value is -5.33. The van der Waals surface area contributed by atoms with Crippen LogP contribution in [-0.4, -0.2) is 35.7 Å². The molecule has 0 aliphatic rings. The zero-order valence-corrected chi connectivity index (χ0v) is 29.1. The lowest BCUT2D eigenvalue weighted by molar-refractivity contribution is -0.119. The number of nitrogens with two attached hydrogens (primary N) is 2. The first-order valence-corrected chi connectivity index (χ1v) is 18.2. The average molecular weight is 699 g/mol. The van der Waals surface area contributed by atoms with Gasteiger partial charge in [0.25, 0.3) is 0 Å². The largest absolute Gasteiger partial charge is 0.346 e. The number of H-pyrrole nitrogens is 2. The maximum Gasteiger partial charge on any atom is 0.137 e. The van der Waals surface area contributed by atoms with E-state index in [4.69, 9.17) is 11.5 Å². The molecule has 8 aromatic rings. The number of benzene rings is 2. The van der Waals surface area contributed by atoms with Crippen molar-refractivity contribution in [1.82, 2.24) is 29.9 Å². The SMILES string of the molecule is NCc1ccccc1-c1cscn1.NCc1ccnc2[nH]ccc12.O=C(CCc1ccccc1-c1cscn1)CCc1ccnc2[nH]ccc12. The molecule has 0 amide bonds. The second-order valence-corrected chi connectivity index (χ2v) is 12.9. The highest BCUT2D eigenvalue weighted by atomic mass is 32.1. The van der Waals surface area contributed by atoms with E-state index in [9.17, 15) is 4.79 Å². The van der Waals surface area contributed by atoms with Crippen molar-refractivity contribution in [2.45, 2.75) is 38.8 Å². The quantitative estimate of drug-likeness (QED) is 0.113. The summed E-state index contributed by atoms with van der Waals surface area (Å²) < 4.78 is 0. The van der Waals surface area contributed by atoms with E-state index in [2.05, 4.69) is 48.1 Å². The molecule has 0 radical (unpaired) electrons. The van der Waals surface area contributed by atoms with Crippen LogP contribution in [0.5, 0.6) is 0 Å². The Bertz CT molecular complexity index is 2240. The highest BCUT2D eigenvalue weighted by molar-refractivity contribution is 7.08. The Morgan fingerprint density at radius 2 is 1.08 bits per heavy atom. The van der Waals surface area contributed by atoms with Crippen LogP contribution in [-0.2, 0) is 30.7 Å². The van der Waals surface area contributed by atoms with Gasteiger partial charge in [-0.05, 0) is 59.4 Å². The van der Waals surface area contributed by atoms with Crippen LogP contribution in [0.3, 0.4) is 0 Å². The maximum absolute atomic E-state index is 12.4. The van der Waals surface area contributed by atoms with Crippen molar-refractivity contribution >= 4 is 50.5 Å². The molecule has 8 rings (SSSR count). The third-order valence-corrected chi connectivity index (χ3v) is 9.51. The van der Waals surface area contributed by atoms with E-state index < -0.39 is 0 Å². The minimum Gasteiger partial charge on any atom is -0.346 e. The molecule has 6 heterocycles. The van der Waals surface area contributed by atoms with Gasteiger partial charge in [0.05, 0.1) is 22.4 Å². The van der Waals surface area contributed by atoms with Crippen molar-refractivity contribution in [2.75, 3.05) is 0 Å². The summed E-state index contributed by atoms with van der Waals surface area (Å²) in [6, 6.07) is 24.3. The number of fused-ring (bicyclic) bond motifs is 2. The van der Waals surface area contributed by atoms with Crippen molar-refractivity contribution < 1.29 is 4.79 Å². The molecule has 0 saturated heterocycles. The molecule has 0 aliphatic heterocycles. The molecule has 0 bridgehead atoms. The first-order chi connectivity index (χ1) is 24.6. The van der Waals surface area contributed by atoms with Gasteiger partial charge in [-0.25, -0.2) is 19.9 Å². The predicted molar refractivity (Wildman–Crippen MR) is 205 cm³/mol. The third-order valence-electron chi connectivity index (χ3n) is 8.34. The number of aromatic amines is 2. The van der Waals surface area contributed by atoms with Crippen LogP contribution in [0.15, 0.2) is 119 Å². The minimum atomic E-state index is 0.290. The lowest BCUT2D eigenvalue weighted by atomic mass is 9.98. The number of pyridine rings is 2. The smallest absolute Gasteiger partial charge is 0.137 e. The molecule has 6 N–H and O–H groups in total. The van der Waals surface area contributed by atoms with E-state index in [-0.39, 0.29) is 0 Å². The average Bonchev–Trinajstić information content (AvgIpc) is 4.01. The Kier molecular flexibility index (Phi) is 12.0. The summed E-state index contributed by atoms with van der Waals surface area (Å²) in [6.45, 7) is 1.13. The number of rotatable bonds is 10. The van der Waals surface area contributed by atoms with E-state index in [0.717, 1.165) is 68.6 Å². The molecule has 2 aromatic carbocycles. The van der Waals surface area contributed by atoms with Gasteiger partial charge in [0, 0.05) is 83.4 Å². The van der Waals surface area contributed by atoms with Gasteiger partial charge in [0.2, 0.25) is 0 Å². The van der Waals surface area contributed by atoms with Crippen LogP contribution in [0.1, 0.15) is 35.1 Å². The van der Waals surface area contributed by atoms with Gasteiger partial charge in [0.15, 0.2) is 0 Å². The van der Waals surface area contributed by atoms with Gasteiger partial charge in [-0.15, -0.1) is 22.7 Å². The van der Waals surface area contributed by atoms with Gasteiger partial charge < -0.3 is 21.4 Å². The number of carbonyl (C=O) groups excluding carboxylic acids is 1. The van der Waals surface area contributed by atoms with Crippen LogP contribution in [0.2, 0.25) is 0 Å². The normalized spacial score (nSPS) is 10.8. The predicted octanol–water partition coefficient (Wildman–Crippen LogP) is 8.11. The Morgan fingerprint density at radius 1 is 0.580 bits per heavy atom. The molecule has 0 unspecified atom stereocenters. The lowest BCUT2D eigenvalue weighted by Crippen LogP contribution is -2.03. The number of ketones is 1. The first-order valence-electron chi connectivity index (χ1n) is 16.3. The summed E-state index contributed by atoms with van der Waals surface area (Å²) in [5, 5.41) is 6.31. The molecular formula is C39H38N8OS2. The molecule has 11 heteroatoms. The Labute approximate surface area is 298 Å². The van der Waals surface area contributed by atoms with E-state index in [1.165, 1.54) is 11.1 Å². The van der Waals surface area contributed by atoms with E-state index in [1.807, 2.05) is 88.8 Å². The van der Waals surface area contributed by atoms with Gasteiger partial charge in [-0.3, -0.25) is 4.79 Å². The second kappa shape index (κ2) is 17.4. The fourth-order valence-electron chi connectivity index (χ4n) is 5.73. The molecule has 6 aromatic heterocycles. The summed E-state index contributed by atoms with van der Waals surface area (Å²) in [5.74, 6) is 0.290. The van der Waals surface area contributed by atoms with Gasteiger partial charge >= 0.3 is 0 Å². The van der Waals surface area contributed by atoms with Gasteiger partial charge in [-0.2, -0.15) is 0 Å². The van der Waals surface area contributed by atoms with Gasteiger partial charge in [0.1, 0.15) is 17.1 Å². The number of hydrogen-bond donors (Lipinski definition) is 4. The van der Waals surface area contributed by atoms with E-state index >= 15 is 0 Å². The van der Waals surface area contributed by atoms with E-state index in [0.29, 0.717) is 31.7 Å². The first kappa shape index (κ1) is 34.5. The molecular weight excluding hydrogens is 661 g/mol. The summed E-state index contributed by atoms with van der Waals surface area (Å²) in [4.78, 5) is 35.7. The lowest BCUT2D eigenvalue weighted by Gasteiger charge is -2.07. The Balaban J connectivity index is 0.000000149. The minimum absolute atomic E-state index is 0.290. The van der Waals surface area contributed by atoms with Crippen LogP contribution in [0.25, 0.3) is 44.6 Å². The van der Waals surface area contributed by atoms with Crippen molar-refractivity contribution in [3.05, 3.63) is 142 Å². The number of carbonyl (C=O) groups is 1. The molecule has 9 nitrogen and oxygen atoms in total. The van der Waals surface area contributed by atoms with E-state index in [1.54, 1.807) is 35.1 Å². The standard InChI is InChI=1S/C21H19N3OS.C10H10N2S.C8H9N3/c25-17(8-6-16-9-11-22-21-19(16)10-12-23-21)7-5-15-3-1-2-4-18(15)20-13-26-14-24-20;11-5-8-3-1-2-4-9(8)10-6-13-7-12-10;9-5-6-1-3-10-8-7(6)2-4-11-8/h1-4,9-14H,5-8H2,(H,22,23);1-4,6-7H,5,11H2;1-4H,5,9H2,(H,10,11). The monoisotopic (exact) mass is 698 g/mol. The zero-order valence-electron chi connectivity index (χ0n) is 27.5. The molecule has 0 saturated carbocycles. The third kappa shape index (κ3) is 8.63. The van der Waals surface area contributed by atoms with Crippen LogP contribution >= 0.6 is 22.7 Å².